The molecule has 2 N–H and O–H groups in total. The summed E-state index contributed by atoms with van der Waals surface area (Å²) < 4.78 is 5.90. The molecule has 116 valence electrons. The normalized spacial score (nSPS) is 18.8. The van der Waals surface area contributed by atoms with E-state index >= 15 is 0 Å². The molecule has 1 aromatic carbocycles. The van der Waals surface area contributed by atoms with Crippen molar-refractivity contribution < 1.29 is 9.53 Å². The monoisotopic (exact) mass is 290 g/mol. The minimum Gasteiger partial charge on any atom is -0.378 e. The highest BCUT2D eigenvalue weighted by Crippen LogP contribution is 2.25. The number of ether oxygens (including phenoxy) is 1. The van der Waals surface area contributed by atoms with Crippen molar-refractivity contribution in [2.45, 2.75) is 38.8 Å². The Hall–Kier alpha value is -1.39. The Bertz CT molecular complexity index is 439. The number of amides is 1. The molecule has 4 nitrogen and oxygen atoms in total. The second-order valence-electron chi connectivity index (χ2n) is 6.18. The third-order valence-corrected chi connectivity index (χ3v) is 3.89. The molecule has 0 aliphatic carbocycles. The van der Waals surface area contributed by atoms with Crippen molar-refractivity contribution in [3.8, 4) is 0 Å². The Morgan fingerprint density at radius 1 is 1.29 bits per heavy atom. The largest absolute Gasteiger partial charge is 0.378 e. The predicted octanol–water partition coefficient (Wildman–Crippen LogP) is 2.35. The highest BCUT2D eigenvalue weighted by Gasteiger charge is 2.29. The lowest BCUT2D eigenvalue weighted by Crippen LogP contribution is -2.44. The number of benzene rings is 1. The van der Waals surface area contributed by atoms with Gasteiger partial charge in [0.1, 0.15) is 6.04 Å². The summed E-state index contributed by atoms with van der Waals surface area (Å²) in [5.74, 6) is 0.286. The number of hydrogen-bond donors (Lipinski definition) is 1. The van der Waals surface area contributed by atoms with E-state index in [0.717, 1.165) is 38.1 Å². The first-order valence-corrected chi connectivity index (χ1v) is 7.78. The van der Waals surface area contributed by atoms with Crippen molar-refractivity contribution in [2.24, 2.45) is 11.7 Å². The van der Waals surface area contributed by atoms with Crippen LogP contribution in [0, 0.1) is 5.92 Å². The molecule has 1 aliphatic rings. The molecule has 0 unspecified atom stereocenters. The van der Waals surface area contributed by atoms with Crippen molar-refractivity contribution >= 4 is 5.91 Å². The summed E-state index contributed by atoms with van der Waals surface area (Å²) in [5, 5.41) is 0. The maximum Gasteiger partial charge on any atom is 0.239 e. The van der Waals surface area contributed by atoms with Crippen LogP contribution in [0.15, 0.2) is 30.3 Å². The maximum absolute atomic E-state index is 11.8. The van der Waals surface area contributed by atoms with Gasteiger partial charge >= 0.3 is 0 Å². The van der Waals surface area contributed by atoms with Gasteiger partial charge in [0.15, 0.2) is 0 Å². The van der Waals surface area contributed by atoms with Gasteiger partial charge in [0, 0.05) is 19.7 Å². The molecule has 0 spiro atoms. The fraction of sp³-hybridized carbons (Fsp3) is 0.588. The maximum atomic E-state index is 11.8. The topological polar surface area (TPSA) is 55.6 Å². The van der Waals surface area contributed by atoms with Crippen molar-refractivity contribution in [3.63, 3.8) is 0 Å². The number of likely N-dealkylation sites (tertiary alicyclic amines) is 1. The minimum atomic E-state index is -0.322. The van der Waals surface area contributed by atoms with E-state index in [9.17, 15) is 4.79 Å². The first-order valence-electron chi connectivity index (χ1n) is 7.78. The lowest BCUT2D eigenvalue weighted by Gasteiger charge is -2.36. The van der Waals surface area contributed by atoms with Gasteiger partial charge in [-0.05, 0) is 24.3 Å². The Morgan fingerprint density at radius 3 is 2.43 bits per heavy atom. The van der Waals surface area contributed by atoms with Gasteiger partial charge in [-0.2, -0.15) is 0 Å². The number of carbonyl (C=O) groups excluding carboxylic acids is 1. The summed E-state index contributed by atoms with van der Waals surface area (Å²) in [6.45, 7) is 6.83. The molecule has 1 amide bonds. The Labute approximate surface area is 127 Å². The summed E-state index contributed by atoms with van der Waals surface area (Å²) in [6, 6.07) is 9.46. The molecule has 0 bridgehead atoms. The first kappa shape index (κ1) is 16.0. The van der Waals surface area contributed by atoms with E-state index in [0.29, 0.717) is 12.0 Å². The van der Waals surface area contributed by atoms with Crippen LogP contribution in [0.5, 0.6) is 0 Å². The van der Waals surface area contributed by atoms with E-state index in [1.165, 1.54) is 0 Å². The van der Waals surface area contributed by atoms with E-state index in [-0.39, 0.29) is 11.9 Å². The van der Waals surface area contributed by atoms with Crippen LogP contribution >= 0.6 is 0 Å². The van der Waals surface area contributed by atoms with Crippen LogP contribution in [0.1, 0.15) is 38.3 Å². The number of carbonyl (C=O) groups is 1. The summed E-state index contributed by atoms with van der Waals surface area (Å²) in [5.41, 5.74) is 6.60. The summed E-state index contributed by atoms with van der Waals surface area (Å²) in [7, 11) is 0. The van der Waals surface area contributed by atoms with E-state index in [4.69, 9.17) is 10.5 Å². The van der Waals surface area contributed by atoms with Gasteiger partial charge < -0.3 is 10.5 Å². The summed E-state index contributed by atoms with van der Waals surface area (Å²) >= 11 is 0. The van der Waals surface area contributed by atoms with Crippen LogP contribution < -0.4 is 5.73 Å². The Balaban J connectivity index is 1.94. The van der Waals surface area contributed by atoms with Gasteiger partial charge in [0.05, 0.1) is 6.10 Å². The van der Waals surface area contributed by atoms with Crippen LogP contribution in [-0.2, 0) is 9.53 Å². The first-order chi connectivity index (χ1) is 10.1. The lowest BCUT2D eigenvalue weighted by atomic mass is 10.00. The third kappa shape index (κ3) is 4.55. The molecule has 1 heterocycles. The lowest BCUT2D eigenvalue weighted by molar-refractivity contribution is -0.124. The number of piperidine rings is 1. The van der Waals surface area contributed by atoms with Gasteiger partial charge in [0.25, 0.3) is 0 Å². The fourth-order valence-electron chi connectivity index (χ4n) is 2.82. The van der Waals surface area contributed by atoms with Crippen LogP contribution in [0.3, 0.4) is 0 Å². The second-order valence-corrected chi connectivity index (χ2v) is 6.18. The molecule has 1 fully saturated rings. The van der Waals surface area contributed by atoms with E-state index < -0.39 is 0 Å². The van der Waals surface area contributed by atoms with Crippen LogP contribution in [0.4, 0.5) is 0 Å². The number of hydrogen-bond acceptors (Lipinski definition) is 3. The number of rotatable bonds is 6. The van der Waals surface area contributed by atoms with Crippen LogP contribution in [0.2, 0.25) is 0 Å². The van der Waals surface area contributed by atoms with Crippen molar-refractivity contribution in [3.05, 3.63) is 35.9 Å². The zero-order valence-corrected chi connectivity index (χ0v) is 13.0. The molecule has 1 atom stereocenters. The minimum absolute atomic E-state index is 0.275. The highest BCUT2D eigenvalue weighted by atomic mass is 16.5. The molecule has 1 aromatic rings. The zero-order chi connectivity index (χ0) is 15.2. The summed E-state index contributed by atoms with van der Waals surface area (Å²) in [4.78, 5) is 14.0. The highest BCUT2D eigenvalue weighted by molar-refractivity contribution is 5.81. The molecule has 0 radical (unpaired) electrons. The third-order valence-electron chi connectivity index (χ3n) is 3.89. The quantitative estimate of drug-likeness (QED) is 0.875. The average Bonchev–Trinajstić information content (AvgIpc) is 2.47. The predicted molar refractivity (Wildman–Crippen MR) is 83.8 cm³/mol. The van der Waals surface area contributed by atoms with Gasteiger partial charge in [-0.15, -0.1) is 0 Å². The van der Waals surface area contributed by atoms with Crippen LogP contribution in [-0.4, -0.2) is 36.6 Å². The standard InChI is InChI=1S/C17H26N2O2/c1-13(2)12-21-15-8-10-19(11-9-15)16(17(18)20)14-6-4-3-5-7-14/h3-7,13,15-16H,8-12H2,1-2H3,(H2,18,20)/t16-/m1/s1. The van der Waals surface area contributed by atoms with E-state index in [2.05, 4.69) is 18.7 Å². The van der Waals surface area contributed by atoms with Crippen molar-refractivity contribution in [1.29, 1.82) is 0 Å². The van der Waals surface area contributed by atoms with Crippen molar-refractivity contribution in [1.82, 2.24) is 4.90 Å². The molecule has 21 heavy (non-hydrogen) atoms. The SMILES string of the molecule is CC(C)COC1CCN([C@@H](C(N)=O)c2ccccc2)CC1. The van der Waals surface area contributed by atoms with Gasteiger partial charge in [-0.1, -0.05) is 44.2 Å². The van der Waals surface area contributed by atoms with Gasteiger partial charge in [-0.25, -0.2) is 0 Å². The number of nitrogens with two attached hydrogens (primary N) is 1. The Kier molecular flexibility index (Phi) is 5.76. The Morgan fingerprint density at radius 2 is 1.90 bits per heavy atom. The van der Waals surface area contributed by atoms with Crippen LogP contribution in [0.25, 0.3) is 0 Å². The van der Waals surface area contributed by atoms with E-state index in [1.54, 1.807) is 0 Å². The molecule has 4 heteroatoms. The number of primary amides is 1. The second kappa shape index (κ2) is 7.57. The average molecular weight is 290 g/mol. The molecule has 2 rings (SSSR count). The molecule has 1 saturated heterocycles. The zero-order valence-electron chi connectivity index (χ0n) is 13.0. The molecule has 0 aromatic heterocycles. The van der Waals surface area contributed by atoms with Gasteiger partial charge in [0.2, 0.25) is 5.91 Å². The molecule has 1 aliphatic heterocycles. The van der Waals surface area contributed by atoms with Gasteiger partial charge in [-0.3, -0.25) is 9.69 Å². The molecular formula is C17H26N2O2. The smallest absolute Gasteiger partial charge is 0.239 e. The molecule has 0 saturated carbocycles. The summed E-state index contributed by atoms with van der Waals surface area (Å²) in [6.07, 6.45) is 2.24. The fourth-order valence-corrected chi connectivity index (χ4v) is 2.82. The molecular weight excluding hydrogens is 264 g/mol. The van der Waals surface area contributed by atoms with Crippen molar-refractivity contribution in [2.75, 3.05) is 19.7 Å². The number of nitrogens with zero attached hydrogens (tertiary/aromatic N) is 1. The van der Waals surface area contributed by atoms with E-state index in [1.807, 2.05) is 30.3 Å².